The number of rotatable bonds is 4. The molecule has 1 fully saturated rings. The number of hydrogen-bond donors (Lipinski definition) is 1. The SMILES string of the molecule is CC1CCCCC1O[C@H](C)CC(=O)O. The molecule has 0 radical (unpaired) electrons. The van der Waals surface area contributed by atoms with E-state index in [0.717, 1.165) is 6.42 Å². The first-order chi connectivity index (χ1) is 6.59. The Labute approximate surface area is 85.5 Å². The lowest BCUT2D eigenvalue weighted by atomic mass is 9.88. The third kappa shape index (κ3) is 3.66. The molecule has 1 aliphatic carbocycles. The molecule has 0 aromatic carbocycles. The lowest BCUT2D eigenvalue weighted by Crippen LogP contribution is -2.30. The molecule has 0 amide bonds. The van der Waals surface area contributed by atoms with E-state index in [9.17, 15) is 4.79 Å². The molecule has 3 nitrogen and oxygen atoms in total. The largest absolute Gasteiger partial charge is 0.481 e. The Hall–Kier alpha value is -0.570. The number of hydrogen-bond acceptors (Lipinski definition) is 2. The van der Waals surface area contributed by atoms with Crippen LogP contribution in [-0.2, 0) is 9.53 Å². The van der Waals surface area contributed by atoms with Gasteiger partial charge in [-0.25, -0.2) is 0 Å². The van der Waals surface area contributed by atoms with Crippen LogP contribution in [0.3, 0.4) is 0 Å². The molecule has 0 bridgehead atoms. The van der Waals surface area contributed by atoms with Gasteiger partial charge in [-0.05, 0) is 25.7 Å². The van der Waals surface area contributed by atoms with Crippen LogP contribution in [0.25, 0.3) is 0 Å². The molecule has 14 heavy (non-hydrogen) atoms. The van der Waals surface area contributed by atoms with Crippen LogP contribution in [0, 0.1) is 5.92 Å². The monoisotopic (exact) mass is 200 g/mol. The van der Waals surface area contributed by atoms with Gasteiger partial charge in [0.25, 0.3) is 0 Å². The van der Waals surface area contributed by atoms with Crippen molar-refractivity contribution in [2.75, 3.05) is 0 Å². The van der Waals surface area contributed by atoms with Crippen molar-refractivity contribution in [1.29, 1.82) is 0 Å². The highest BCUT2D eigenvalue weighted by molar-refractivity contribution is 5.67. The zero-order valence-electron chi connectivity index (χ0n) is 9.03. The Morgan fingerprint density at radius 2 is 2.14 bits per heavy atom. The minimum atomic E-state index is -0.777. The van der Waals surface area contributed by atoms with Gasteiger partial charge in [0.15, 0.2) is 0 Å². The van der Waals surface area contributed by atoms with E-state index in [1.54, 1.807) is 0 Å². The Bertz CT molecular complexity index is 191. The number of carboxylic acid groups (broad SMARTS) is 1. The normalized spacial score (nSPS) is 29.9. The van der Waals surface area contributed by atoms with Crippen molar-refractivity contribution in [1.82, 2.24) is 0 Å². The molecule has 1 N–H and O–H groups in total. The van der Waals surface area contributed by atoms with Gasteiger partial charge in [0, 0.05) is 0 Å². The number of carboxylic acids is 1. The summed E-state index contributed by atoms with van der Waals surface area (Å²) in [7, 11) is 0. The predicted octanol–water partition coefficient (Wildman–Crippen LogP) is 2.44. The van der Waals surface area contributed by atoms with Gasteiger partial charge in [-0.3, -0.25) is 4.79 Å². The first-order valence-electron chi connectivity index (χ1n) is 5.47. The van der Waals surface area contributed by atoms with Crippen molar-refractivity contribution in [2.24, 2.45) is 5.92 Å². The van der Waals surface area contributed by atoms with E-state index in [0.29, 0.717) is 5.92 Å². The standard InChI is InChI=1S/C11H20O3/c1-8-5-3-4-6-10(8)14-9(2)7-11(12)13/h8-10H,3-7H2,1-2H3,(H,12,13)/t8?,9-,10?/m1/s1. The summed E-state index contributed by atoms with van der Waals surface area (Å²) in [4.78, 5) is 10.5. The van der Waals surface area contributed by atoms with Crippen LogP contribution in [0.1, 0.15) is 46.0 Å². The minimum absolute atomic E-state index is 0.114. The molecule has 82 valence electrons. The first kappa shape index (κ1) is 11.5. The van der Waals surface area contributed by atoms with E-state index < -0.39 is 5.97 Å². The van der Waals surface area contributed by atoms with E-state index in [4.69, 9.17) is 9.84 Å². The van der Waals surface area contributed by atoms with Gasteiger partial charge >= 0.3 is 5.97 Å². The lowest BCUT2D eigenvalue weighted by Gasteiger charge is -2.30. The van der Waals surface area contributed by atoms with Gasteiger partial charge in [-0.2, -0.15) is 0 Å². The second-order valence-electron chi connectivity index (χ2n) is 4.34. The van der Waals surface area contributed by atoms with Crippen molar-refractivity contribution >= 4 is 5.97 Å². The fourth-order valence-electron chi connectivity index (χ4n) is 2.08. The molecule has 0 saturated heterocycles. The van der Waals surface area contributed by atoms with Crippen LogP contribution in [0.15, 0.2) is 0 Å². The number of ether oxygens (including phenoxy) is 1. The molecule has 1 aliphatic rings. The summed E-state index contributed by atoms with van der Waals surface area (Å²) in [6, 6.07) is 0. The zero-order valence-corrected chi connectivity index (χ0v) is 9.03. The van der Waals surface area contributed by atoms with E-state index >= 15 is 0 Å². The summed E-state index contributed by atoms with van der Waals surface area (Å²) in [5, 5.41) is 8.60. The van der Waals surface area contributed by atoms with E-state index in [1.807, 2.05) is 6.92 Å². The molecule has 0 spiro atoms. The Kier molecular flexibility index (Phi) is 4.39. The molecule has 0 aliphatic heterocycles. The van der Waals surface area contributed by atoms with Crippen LogP contribution in [0.4, 0.5) is 0 Å². The molecule has 3 heteroatoms. The van der Waals surface area contributed by atoms with Crippen molar-refractivity contribution in [3.63, 3.8) is 0 Å². The third-order valence-corrected chi connectivity index (χ3v) is 2.90. The smallest absolute Gasteiger partial charge is 0.305 e. The molecule has 0 heterocycles. The summed E-state index contributed by atoms with van der Waals surface area (Å²) in [5.41, 5.74) is 0. The first-order valence-corrected chi connectivity index (χ1v) is 5.47. The summed E-state index contributed by atoms with van der Waals surface area (Å²) >= 11 is 0. The average molecular weight is 200 g/mol. The van der Waals surface area contributed by atoms with Gasteiger partial charge in [0.1, 0.15) is 0 Å². The Morgan fingerprint density at radius 1 is 1.50 bits per heavy atom. The molecule has 0 aromatic rings. The highest BCUT2D eigenvalue weighted by Gasteiger charge is 2.24. The van der Waals surface area contributed by atoms with Gasteiger partial charge in [0.2, 0.25) is 0 Å². The molecule has 1 saturated carbocycles. The molecule has 2 unspecified atom stereocenters. The van der Waals surface area contributed by atoms with Gasteiger partial charge in [-0.1, -0.05) is 19.8 Å². The molecule has 0 aromatic heterocycles. The van der Waals surface area contributed by atoms with Crippen molar-refractivity contribution in [3.05, 3.63) is 0 Å². The maximum Gasteiger partial charge on any atom is 0.305 e. The second-order valence-corrected chi connectivity index (χ2v) is 4.34. The van der Waals surface area contributed by atoms with Crippen molar-refractivity contribution in [3.8, 4) is 0 Å². The summed E-state index contributed by atoms with van der Waals surface area (Å²) in [5.74, 6) is -0.194. The highest BCUT2D eigenvalue weighted by atomic mass is 16.5. The minimum Gasteiger partial charge on any atom is -0.481 e. The van der Waals surface area contributed by atoms with E-state index in [2.05, 4.69) is 6.92 Å². The van der Waals surface area contributed by atoms with Crippen molar-refractivity contribution in [2.45, 2.75) is 58.2 Å². The Morgan fingerprint density at radius 3 is 2.71 bits per heavy atom. The molecular formula is C11H20O3. The summed E-state index contributed by atoms with van der Waals surface area (Å²) < 4.78 is 5.73. The topological polar surface area (TPSA) is 46.5 Å². The molecule has 3 atom stereocenters. The fourth-order valence-corrected chi connectivity index (χ4v) is 2.08. The summed E-state index contributed by atoms with van der Waals surface area (Å²) in [6.07, 6.45) is 5.04. The Balaban J connectivity index is 2.30. The van der Waals surface area contributed by atoms with Crippen LogP contribution in [0.2, 0.25) is 0 Å². The maximum atomic E-state index is 10.5. The van der Waals surface area contributed by atoms with E-state index in [-0.39, 0.29) is 18.6 Å². The quantitative estimate of drug-likeness (QED) is 0.758. The molecular weight excluding hydrogens is 180 g/mol. The number of aliphatic carboxylic acids is 1. The van der Waals surface area contributed by atoms with Crippen LogP contribution in [-0.4, -0.2) is 23.3 Å². The molecule has 1 rings (SSSR count). The van der Waals surface area contributed by atoms with E-state index in [1.165, 1.54) is 19.3 Å². The van der Waals surface area contributed by atoms with Gasteiger partial charge in [0.05, 0.1) is 18.6 Å². The lowest BCUT2D eigenvalue weighted by molar-refractivity contribution is -0.142. The van der Waals surface area contributed by atoms with Gasteiger partial charge in [-0.15, -0.1) is 0 Å². The predicted molar refractivity (Wildman–Crippen MR) is 54.2 cm³/mol. The highest BCUT2D eigenvalue weighted by Crippen LogP contribution is 2.27. The second kappa shape index (κ2) is 5.35. The third-order valence-electron chi connectivity index (χ3n) is 2.90. The van der Waals surface area contributed by atoms with Crippen LogP contribution < -0.4 is 0 Å². The van der Waals surface area contributed by atoms with Crippen LogP contribution in [0.5, 0.6) is 0 Å². The van der Waals surface area contributed by atoms with Crippen LogP contribution >= 0.6 is 0 Å². The maximum absolute atomic E-state index is 10.5. The fraction of sp³-hybridized carbons (Fsp3) is 0.909. The average Bonchev–Trinajstić information content (AvgIpc) is 2.07. The summed E-state index contributed by atoms with van der Waals surface area (Å²) in [6.45, 7) is 4.03. The zero-order chi connectivity index (χ0) is 10.6. The van der Waals surface area contributed by atoms with Crippen molar-refractivity contribution < 1.29 is 14.6 Å². The number of carbonyl (C=O) groups is 1. The van der Waals surface area contributed by atoms with Gasteiger partial charge < -0.3 is 9.84 Å².